The summed E-state index contributed by atoms with van der Waals surface area (Å²) in [5.41, 5.74) is 8.52. The van der Waals surface area contributed by atoms with Crippen LogP contribution < -0.4 is 11.1 Å². The number of hydrogen-bond acceptors (Lipinski definition) is 4. The molecule has 2 heterocycles. The zero-order chi connectivity index (χ0) is 9.26. The lowest BCUT2D eigenvalue weighted by Gasteiger charge is -2.28. The minimum absolute atomic E-state index is 0.000185. The number of nitrogens with two attached hydrogens (primary N) is 1. The van der Waals surface area contributed by atoms with E-state index in [1.165, 1.54) is 11.3 Å². The van der Waals surface area contributed by atoms with E-state index in [4.69, 9.17) is 5.73 Å². The highest BCUT2D eigenvalue weighted by atomic mass is 32.1. The Balaban J connectivity index is 2.17. The Morgan fingerprint density at radius 3 is 3.23 bits per heavy atom. The summed E-state index contributed by atoms with van der Waals surface area (Å²) in [5, 5.41) is 4.78. The van der Waals surface area contributed by atoms with E-state index in [2.05, 4.69) is 10.3 Å². The number of amides is 1. The quantitative estimate of drug-likeness (QED) is 0.685. The smallest absolute Gasteiger partial charge is 0.220 e. The zero-order valence-corrected chi connectivity index (χ0v) is 7.88. The molecule has 0 spiro atoms. The van der Waals surface area contributed by atoms with Gasteiger partial charge in [0.25, 0.3) is 0 Å². The molecule has 1 fully saturated rings. The van der Waals surface area contributed by atoms with Gasteiger partial charge in [-0.1, -0.05) is 0 Å². The fourth-order valence-corrected chi connectivity index (χ4v) is 2.08. The molecule has 2 rings (SSSR count). The van der Waals surface area contributed by atoms with Gasteiger partial charge in [0.15, 0.2) is 0 Å². The van der Waals surface area contributed by atoms with Gasteiger partial charge in [0.05, 0.1) is 17.2 Å². The van der Waals surface area contributed by atoms with E-state index in [0.29, 0.717) is 6.42 Å². The lowest BCUT2D eigenvalue weighted by molar-refractivity contribution is -0.123. The number of aromatic nitrogens is 1. The summed E-state index contributed by atoms with van der Waals surface area (Å²) in [6.07, 6.45) is 1.27. The number of thiazole rings is 1. The molecule has 1 aliphatic rings. The molecule has 3 N–H and O–H groups in total. The second-order valence-corrected chi connectivity index (χ2v) is 3.88. The third-order valence-corrected chi connectivity index (χ3v) is 2.82. The molecule has 1 amide bonds. The van der Waals surface area contributed by atoms with Crippen molar-refractivity contribution >= 4 is 17.2 Å². The Kier molecular flexibility index (Phi) is 2.28. The number of nitrogens with zero attached hydrogens (tertiary/aromatic N) is 1. The first-order valence-corrected chi connectivity index (χ1v) is 5.14. The van der Waals surface area contributed by atoms with E-state index in [1.54, 1.807) is 5.51 Å². The summed E-state index contributed by atoms with van der Waals surface area (Å²) >= 11 is 1.52. The molecule has 2 atom stereocenters. The SMILES string of the molecule is NC1CCC(=O)NC1c1cscn1. The van der Waals surface area contributed by atoms with Crippen molar-refractivity contribution in [3.8, 4) is 0 Å². The molecule has 70 valence electrons. The van der Waals surface area contributed by atoms with Crippen molar-refractivity contribution in [2.45, 2.75) is 24.9 Å². The maximum Gasteiger partial charge on any atom is 0.220 e. The topological polar surface area (TPSA) is 68.0 Å². The molecule has 2 unspecified atom stereocenters. The van der Waals surface area contributed by atoms with Crippen LogP contribution in [0.3, 0.4) is 0 Å². The van der Waals surface area contributed by atoms with Gasteiger partial charge in [0, 0.05) is 17.8 Å². The molecule has 13 heavy (non-hydrogen) atoms. The minimum Gasteiger partial charge on any atom is -0.346 e. The van der Waals surface area contributed by atoms with Gasteiger partial charge < -0.3 is 11.1 Å². The van der Waals surface area contributed by atoms with E-state index in [-0.39, 0.29) is 18.0 Å². The molecule has 0 aliphatic carbocycles. The van der Waals surface area contributed by atoms with E-state index in [1.807, 2.05) is 5.38 Å². The van der Waals surface area contributed by atoms with Crippen LogP contribution in [-0.2, 0) is 4.79 Å². The van der Waals surface area contributed by atoms with Crippen LogP contribution >= 0.6 is 11.3 Å². The highest BCUT2D eigenvalue weighted by molar-refractivity contribution is 7.07. The molecule has 1 aromatic heterocycles. The van der Waals surface area contributed by atoms with Crippen molar-refractivity contribution in [3.63, 3.8) is 0 Å². The van der Waals surface area contributed by atoms with Crippen LogP contribution in [0, 0.1) is 0 Å². The molecule has 0 aromatic carbocycles. The maximum atomic E-state index is 11.1. The monoisotopic (exact) mass is 197 g/mol. The van der Waals surface area contributed by atoms with Crippen molar-refractivity contribution < 1.29 is 4.79 Å². The molecule has 4 nitrogen and oxygen atoms in total. The summed E-state index contributed by atoms with van der Waals surface area (Å²) in [6.45, 7) is 0. The average molecular weight is 197 g/mol. The summed E-state index contributed by atoms with van der Waals surface area (Å²) < 4.78 is 0. The van der Waals surface area contributed by atoms with Gasteiger partial charge in [0.2, 0.25) is 5.91 Å². The highest BCUT2D eigenvalue weighted by Crippen LogP contribution is 2.22. The van der Waals surface area contributed by atoms with Crippen molar-refractivity contribution in [1.29, 1.82) is 0 Å². The van der Waals surface area contributed by atoms with Crippen LogP contribution in [0.2, 0.25) is 0 Å². The maximum absolute atomic E-state index is 11.1. The minimum atomic E-state index is -0.0903. The second kappa shape index (κ2) is 3.43. The van der Waals surface area contributed by atoms with Gasteiger partial charge in [-0.15, -0.1) is 11.3 Å². The lowest BCUT2D eigenvalue weighted by Crippen LogP contribution is -2.45. The third kappa shape index (κ3) is 1.71. The van der Waals surface area contributed by atoms with Crippen LogP contribution in [0.15, 0.2) is 10.9 Å². The molecule has 0 bridgehead atoms. The molecular formula is C8H11N3OS. The van der Waals surface area contributed by atoms with E-state index < -0.39 is 0 Å². The largest absolute Gasteiger partial charge is 0.346 e. The number of rotatable bonds is 1. The van der Waals surface area contributed by atoms with Crippen LogP contribution in [0.5, 0.6) is 0 Å². The third-order valence-electron chi connectivity index (χ3n) is 2.22. The fourth-order valence-electron chi connectivity index (χ4n) is 1.49. The summed E-state index contributed by atoms with van der Waals surface area (Å²) in [4.78, 5) is 15.3. The number of hydrogen-bond donors (Lipinski definition) is 2. The van der Waals surface area contributed by atoms with Gasteiger partial charge >= 0.3 is 0 Å². The summed E-state index contributed by atoms with van der Waals surface area (Å²) in [5.74, 6) is 0.0692. The molecule has 1 aromatic rings. The number of carbonyl (C=O) groups excluding carboxylic acids is 1. The van der Waals surface area contributed by atoms with Crippen LogP contribution in [0.4, 0.5) is 0 Å². The number of nitrogens with one attached hydrogen (secondary N) is 1. The van der Waals surface area contributed by atoms with Gasteiger partial charge in [-0.2, -0.15) is 0 Å². The first-order chi connectivity index (χ1) is 6.27. The highest BCUT2D eigenvalue weighted by Gasteiger charge is 2.27. The van der Waals surface area contributed by atoms with Crippen molar-refractivity contribution in [2.75, 3.05) is 0 Å². The normalized spacial score (nSPS) is 28.5. The van der Waals surface area contributed by atoms with Gasteiger partial charge in [-0.05, 0) is 6.42 Å². The second-order valence-electron chi connectivity index (χ2n) is 3.16. The molecular weight excluding hydrogens is 186 g/mol. The van der Waals surface area contributed by atoms with E-state index in [9.17, 15) is 4.79 Å². The zero-order valence-electron chi connectivity index (χ0n) is 7.06. The first-order valence-electron chi connectivity index (χ1n) is 4.20. The Labute approximate surface area is 80.2 Å². The molecule has 0 radical (unpaired) electrons. The van der Waals surface area contributed by atoms with Gasteiger partial charge in [-0.25, -0.2) is 4.98 Å². The van der Waals surface area contributed by atoms with Crippen molar-refractivity contribution in [1.82, 2.24) is 10.3 Å². The molecule has 0 saturated carbocycles. The molecule has 1 aliphatic heterocycles. The summed E-state index contributed by atoms with van der Waals surface area (Å²) in [6, 6.07) is -0.0905. The number of carbonyl (C=O) groups is 1. The lowest BCUT2D eigenvalue weighted by atomic mass is 9.97. The van der Waals surface area contributed by atoms with Crippen LogP contribution in [0.1, 0.15) is 24.6 Å². The predicted molar refractivity (Wildman–Crippen MR) is 50.2 cm³/mol. The van der Waals surface area contributed by atoms with Crippen molar-refractivity contribution in [3.05, 3.63) is 16.6 Å². The average Bonchev–Trinajstić information content (AvgIpc) is 2.61. The number of piperidine rings is 1. The Hall–Kier alpha value is -0.940. The first kappa shape index (κ1) is 8.65. The Bertz CT molecular complexity index is 298. The van der Waals surface area contributed by atoms with Crippen LogP contribution in [0.25, 0.3) is 0 Å². The Morgan fingerprint density at radius 1 is 1.69 bits per heavy atom. The van der Waals surface area contributed by atoms with Crippen LogP contribution in [-0.4, -0.2) is 16.9 Å². The molecule has 1 saturated heterocycles. The predicted octanol–water partition coefficient (Wildman–Crippen LogP) is 0.422. The van der Waals surface area contributed by atoms with Gasteiger partial charge in [0.1, 0.15) is 0 Å². The van der Waals surface area contributed by atoms with Gasteiger partial charge in [-0.3, -0.25) is 4.79 Å². The fraction of sp³-hybridized carbons (Fsp3) is 0.500. The van der Waals surface area contributed by atoms with E-state index in [0.717, 1.165) is 12.1 Å². The van der Waals surface area contributed by atoms with E-state index >= 15 is 0 Å². The summed E-state index contributed by atoms with van der Waals surface area (Å²) in [7, 11) is 0. The van der Waals surface area contributed by atoms with Crippen molar-refractivity contribution in [2.24, 2.45) is 5.73 Å². The standard InChI is InChI=1S/C8H11N3OS/c9-5-1-2-7(12)11-8(5)6-3-13-4-10-6/h3-5,8H,1-2,9H2,(H,11,12). The Morgan fingerprint density at radius 2 is 2.54 bits per heavy atom. The molecule has 5 heteroatoms.